The second-order valence-electron chi connectivity index (χ2n) is 6.59. The smallest absolute Gasteiger partial charge is 0.242 e. The summed E-state index contributed by atoms with van der Waals surface area (Å²) in [6.07, 6.45) is 1.15. The van der Waals surface area contributed by atoms with E-state index in [2.05, 4.69) is 5.32 Å². The molecule has 0 aliphatic carbocycles. The highest BCUT2D eigenvalue weighted by Gasteiger charge is 2.27. The number of nitrogens with zero attached hydrogens (tertiary/aromatic N) is 1. The molecule has 4 nitrogen and oxygen atoms in total. The predicted octanol–water partition coefficient (Wildman–Crippen LogP) is 2.77. The molecule has 22 heavy (non-hydrogen) atoms. The molecule has 1 aromatic rings. The maximum atomic E-state index is 12.3. The zero-order valence-corrected chi connectivity index (χ0v) is 14.3. The van der Waals surface area contributed by atoms with Crippen LogP contribution >= 0.6 is 0 Å². The van der Waals surface area contributed by atoms with Gasteiger partial charge in [-0.2, -0.15) is 0 Å². The summed E-state index contributed by atoms with van der Waals surface area (Å²) in [5.74, 6) is -0.102. The van der Waals surface area contributed by atoms with Crippen molar-refractivity contribution in [2.24, 2.45) is 0 Å². The van der Waals surface area contributed by atoms with Crippen molar-refractivity contribution >= 4 is 11.8 Å². The van der Waals surface area contributed by atoms with Crippen molar-refractivity contribution in [1.29, 1.82) is 0 Å². The maximum Gasteiger partial charge on any atom is 0.242 e. The third kappa shape index (κ3) is 5.88. The van der Waals surface area contributed by atoms with Gasteiger partial charge in [0.1, 0.15) is 6.04 Å². The number of hydrogen-bond acceptors (Lipinski definition) is 2. The average molecular weight is 304 g/mol. The largest absolute Gasteiger partial charge is 0.350 e. The Labute approximate surface area is 133 Å². The van der Waals surface area contributed by atoms with Crippen LogP contribution in [0.5, 0.6) is 0 Å². The van der Waals surface area contributed by atoms with Gasteiger partial charge in [-0.3, -0.25) is 9.59 Å². The van der Waals surface area contributed by atoms with Gasteiger partial charge in [0, 0.05) is 18.5 Å². The van der Waals surface area contributed by atoms with E-state index in [1.807, 2.05) is 58.0 Å². The van der Waals surface area contributed by atoms with E-state index < -0.39 is 6.04 Å². The van der Waals surface area contributed by atoms with Crippen LogP contribution in [0.2, 0.25) is 0 Å². The molecule has 0 fully saturated rings. The molecular weight excluding hydrogens is 276 g/mol. The molecule has 0 saturated heterocycles. The van der Waals surface area contributed by atoms with Crippen LogP contribution < -0.4 is 5.32 Å². The summed E-state index contributed by atoms with van der Waals surface area (Å²) in [6.45, 7) is 9.98. The van der Waals surface area contributed by atoms with Crippen LogP contribution in [0.25, 0.3) is 0 Å². The van der Waals surface area contributed by atoms with Gasteiger partial charge in [0.15, 0.2) is 0 Å². The number of carbonyl (C=O) groups is 2. The van der Waals surface area contributed by atoms with Crippen molar-refractivity contribution in [3.05, 3.63) is 35.9 Å². The number of amides is 2. The summed E-state index contributed by atoms with van der Waals surface area (Å²) in [5.41, 5.74) is 0.867. The highest BCUT2D eigenvalue weighted by Crippen LogP contribution is 2.09. The molecule has 0 aliphatic rings. The first-order chi connectivity index (χ1) is 10.2. The quantitative estimate of drug-likeness (QED) is 0.878. The Morgan fingerprint density at radius 2 is 1.77 bits per heavy atom. The van der Waals surface area contributed by atoms with Crippen molar-refractivity contribution in [3.63, 3.8) is 0 Å². The van der Waals surface area contributed by atoms with E-state index in [0.29, 0.717) is 13.0 Å². The lowest BCUT2D eigenvalue weighted by atomic mass is 10.1. The SMILES string of the molecule is CCC(=O)N(CCc1ccccc1)[C@@H](C)C(=O)NC(C)(C)C. The van der Waals surface area contributed by atoms with Gasteiger partial charge in [-0.15, -0.1) is 0 Å². The molecule has 0 spiro atoms. The van der Waals surface area contributed by atoms with E-state index in [1.54, 1.807) is 11.8 Å². The Kier molecular flexibility index (Phi) is 6.60. The van der Waals surface area contributed by atoms with E-state index in [1.165, 1.54) is 5.56 Å². The summed E-state index contributed by atoms with van der Waals surface area (Å²) >= 11 is 0. The Balaban J connectivity index is 2.75. The van der Waals surface area contributed by atoms with Crippen LogP contribution in [0.1, 0.15) is 46.6 Å². The van der Waals surface area contributed by atoms with Gasteiger partial charge >= 0.3 is 0 Å². The van der Waals surface area contributed by atoms with Gasteiger partial charge in [0.05, 0.1) is 0 Å². The molecule has 122 valence electrons. The first kappa shape index (κ1) is 18.2. The Morgan fingerprint density at radius 1 is 1.18 bits per heavy atom. The third-order valence-electron chi connectivity index (χ3n) is 3.45. The summed E-state index contributed by atoms with van der Waals surface area (Å²) < 4.78 is 0. The Hall–Kier alpha value is -1.84. The summed E-state index contributed by atoms with van der Waals surface area (Å²) in [4.78, 5) is 26.2. The summed E-state index contributed by atoms with van der Waals surface area (Å²) in [5, 5.41) is 2.94. The van der Waals surface area contributed by atoms with Crippen LogP contribution in [0.3, 0.4) is 0 Å². The zero-order chi connectivity index (χ0) is 16.8. The molecule has 1 aromatic carbocycles. The lowest BCUT2D eigenvalue weighted by molar-refractivity contribution is -0.140. The van der Waals surface area contributed by atoms with Crippen LogP contribution in [0, 0.1) is 0 Å². The van der Waals surface area contributed by atoms with E-state index >= 15 is 0 Å². The number of benzene rings is 1. The van der Waals surface area contributed by atoms with Crippen molar-refractivity contribution < 1.29 is 9.59 Å². The van der Waals surface area contributed by atoms with E-state index in [-0.39, 0.29) is 17.4 Å². The second-order valence-corrected chi connectivity index (χ2v) is 6.59. The van der Waals surface area contributed by atoms with Gasteiger partial charge in [0.2, 0.25) is 11.8 Å². The molecule has 0 aromatic heterocycles. The summed E-state index contributed by atoms with van der Waals surface area (Å²) in [7, 11) is 0. The minimum absolute atomic E-state index is 0.00694. The first-order valence-corrected chi connectivity index (χ1v) is 7.90. The van der Waals surface area contributed by atoms with Gasteiger partial charge in [-0.25, -0.2) is 0 Å². The van der Waals surface area contributed by atoms with E-state index in [9.17, 15) is 9.59 Å². The standard InChI is InChI=1S/C18H28N2O2/c1-6-16(21)20(13-12-15-10-8-7-9-11-15)14(2)17(22)19-18(3,4)5/h7-11,14H,6,12-13H2,1-5H3,(H,19,22)/t14-/m0/s1. The number of carbonyl (C=O) groups excluding carboxylic acids is 2. The van der Waals surface area contributed by atoms with Gasteiger partial charge < -0.3 is 10.2 Å². The molecule has 1 rings (SSSR count). The minimum atomic E-state index is -0.463. The van der Waals surface area contributed by atoms with Crippen molar-refractivity contribution in [2.75, 3.05) is 6.54 Å². The van der Waals surface area contributed by atoms with Crippen LogP contribution in [0.15, 0.2) is 30.3 Å². The second kappa shape index (κ2) is 7.97. The van der Waals surface area contributed by atoms with E-state index in [0.717, 1.165) is 6.42 Å². The molecule has 0 unspecified atom stereocenters. The van der Waals surface area contributed by atoms with Crippen molar-refractivity contribution in [3.8, 4) is 0 Å². The number of rotatable bonds is 6. The Morgan fingerprint density at radius 3 is 2.27 bits per heavy atom. The highest BCUT2D eigenvalue weighted by molar-refractivity contribution is 5.87. The number of nitrogens with one attached hydrogen (secondary N) is 1. The lowest BCUT2D eigenvalue weighted by Gasteiger charge is -2.31. The van der Waals surface area contributed by atoms with Gasteiger partial charge in [-0.05, 0) is 39.7 Å². The van der Waals surface area contributed by atoms with Gasteiger partial charge in [0.25, 0.3) is 0 Å². The van der Waals surface area contributed by atoms with Crippen LogP contribution in [-0.4, -0.2) is 34.8 Å². The lowest BCUT2D eigenvalue weighted by Crippen LogP contribution is -2.53. The summed E-state index contributed by atoms with van der Waals surface area (Å²) in [6, 6.07) is 9.55. The molecule has 1 atom stereocenters. The zero-order valence-electron chi connectivity index (χ0n) is 14.3. The van der Waals surface area contributed by atoms with Crippen molar-refractivity contribution in [1.82, 2.24) is 10.2 Å². The predicted molar refractivity (Wildman–Crippen MR) is 89.5 cm³/mol. The fourth-order valence-electron chi connectivity index (χ4n) is 2.25. The minimum Gasteiger partial charge on any atom is -0.350 e. The average Bonchev–Trinajstić information content (AvgIpc) is 2.46. The molecule has 0 radical (unpaired) electrons. The number of hydrogen-bond donors (Lipinski definition) is 1. The molecule has 1 N–H and O–H groups in total. The Bertz CT molecular complexity index is 492. The molecule has 0 saturated carbocycles. The molecular formula is C18H28N2O2. The van der Waals surface area contributed by atoms with Gasteiger partial charge in [-0.1, -0.05) is 37.3 Å². The molecule has 2 amide bonds. The topological polar surface area (TPSA) is 49.4 Å². The highest BCUT2D eigenvalue weighted by atomic mass is 16.2. The van der Waals surface area contributed by atoms with Crippen LogP contribution in [-0.2, 0) is 16.0 Å². The normalized spacial score (nSPS) is 12.6. The fourth-order valence-corrected chi connectivity index (χ4v) is 2.25. The fraction of sp³-hybridized carbons (Fsp3) is 0.556. The first-order valence-electron chi connectivity index (χ1n) is 7.90. The van der Waals surface area contributed by atoms with E-state index in [4.69, 9.17) is 0 Å². The molecule has 4 heteroatoms. The monoisotopic (exact) mass is 304 g/mol. The molecule has 0 bridgehead atoms. The van der Waals surface area contributed by atoms with Crippen molar-refractivity contribution in [2.45, 2.75) is 59.0 Å². The van der Waals surface area contributed by atoms with Crippen LogP contribution in [0.4, 0.5) is 0 Å². The molecule has 0 aliphatic heterocycles. The molecule has 0 heterocycles. The maximum absolute atomic E-state index is 12.3. The third-order valence-corrected chi connectivity index (χ3v) is 3.45.